The predicted molar refractivity (Wildman–Crippen MR) is 70.5 cm³/mol. The number of ether oxygens (including phenoxy) is 2. The van der Waals surface area contributed by atoms with Gasteiger partial charge >= 0.3 is 0 Å². The number of rotatable bonds is 8. The van der Waals surface area contributed by atoms with E-state index in [0.717, 1.165) is 39.3 Å². The Morgan fingerprint density at radius 3 is 2.65 bits per heavy atom. The molecule has 1 atom stereocenters. The van der Waals surface area contributed by atoms with Crippen molar-refractivity contribution in [2.24, 2.45) is 0 Å². The van der Waals surface area contributed by atoms with E-state index in [2.05, 4.69) is 23.6 Å². The van der Waals surface area contributed by atoms with Crippen LogP contribution in [0, 0.1) is 0 Å². The average Bonchev–Trinajstić information content (AvgIpc) is 2.32. The van der Waals surface area contributed by atoms with E-state index in [9.17, 15) is 0 Å². The van der Waals surface area contributed by atoms with Gasteiger partial charge in [-0.1, -0.05) is 0 Å². The van der Waals surface area contributed by atoms with E-state index in [0.29, 0.717) is 6.04 Å². The summed E-state index contributed by atoms with van der Waals surface area (Å²) in [5.74, 6) is 0. The molecule has 17 heavy (non-hydrogen) atoms. The summed E-state index contributed by atoms with van der Waals surface area (Å²) < 4.78 is 10.5. The van der Waals surface area contributed by atoms with Crippen molar-refractivity contribution >= 4 is 0 Å². The van der Waals surface area contributed by atoms with Crippen molar-refractivity contribution in [2.75, 3.05) is 59.7 Å². The highest BCUT2D eigenvalue weighted by Crippen LogP contribution is 2.09. The second kappa shape index (κ2) is 8.86. The van der Waals surface area contributed by atoms with E-state index in [1.165, 1.54) is 19.6 Å². The van der Waals surface area contributed by atoms with Crippen LogP contribution in [0.4, 0.5) is 0 Å². The Morgan fingerprint density at radius 1 is 1.18 bits per heavy atom. The zero-order valence-electron chi connectivity index (χ0n) is 11.7. The smallest absolute Gasteiger partial charge is 0.0593 e. The monoisotopic (exact) mass is 244 g/mol. The van der Waals surface area contributed by atoms with E-state index >= 15 is 0 Å². The van der Waals surface area contributed by atoms with Crippen molar-refractivity contribution < 1.29 is 9.47 Å². The first-order valence-corrected chi connectivity index (χ1v) is 6.81. The highest BCUT2D eigenvalue weighted by molar-refractivity contribution is 4.78. The number of nitrogens with zero attached hydrogens (tertiary/aromatic N) is 2. The van der Waals surface area contributed by atoms with Crippen LogP contribution in [0.15, 0.2) is 0 Å². The summed E-state index contributed by atoms with van der Waals surface area (Å²) in [4.78, 5) is 5.07. The molecule has 0 aliphatic carbocycles. The van der Waals surface area contributed by atoms with Gasteiger partial charge in [0.15, 0.2) is 0 Å². The van der Waals surface area contributed by atoms with Crippen LogP contribution < -0.4 is 0 Å². The Kier molecular flexibility index (Phi) is 7.77. The molecule has 1 rings (SSSR count). The number of hydrogen-bond donors (Lipinski definition) is 0. The molecule has 1 aliphatic rings. The Bertz CT molecular complexity index is 190. The summed E-state index contributed by atoms with van der Waals surface area (Å²) in [6, 6.07) is 0.645. The molecule has 0 saturated carbocycles. The van der Waals surface area contributed by atoms with Crippen LogP contribution in [-0.2, 0) is 9.47 Å². The molecule has 0 radical (unpaired) electrons. The highest BCUT2D eigenvalue weighted by atomic mass is 16.5. The molecule has 1 aliphatic heterocycles. The fourth-order valence-electron chi connectivity index (χ4n) is 2.36. The minimum Gasteiger partial charge on any atom is -0.385 e. The SMILES string of the molecule is CCOCCN1CCN(CCCOC)C[C@@H]1C. The lowest BCUT2D eigenvalue weighted by Gasteiger charge is -2.39. The van der Waals surface area contributed by atoms with E-state index in [1.54, 1.807) is 7.11 Å². The first kappa shape index (κ1) is 14.9. The van der Waals surface area contributed by atoms with Crippen LogP contribution in [0.25, 0.3) is 0 Å². The van der Waals surface area contributed by atoms with Gasteiger partial charge in [-0.25, -0.2) is 0 Å². The molecule has 0 aromatic rings. The van der Waals surface area contributed by atoms with Crippen LogP contribution in [-0.4, -0.2) is 75.5 Å². The van der Waals surface area contributed by atoms with Crippen molar-refractivity contribution in [2.45, 2.75) is 26.3 Å². The zero-order chi connectivity index (χ0) is 12.5. The largest absolute Gasteiger partial charge is 0.385 e. The van der Waals surface area contributed by atoms with Gasteiger partial charge in [0.05, 0.1) is 6.61 Å². The zero-order valence-corrected chi connectivity index (χ0v) is 11.7. The van der Waals surface area contributed by atoms with Gasteiger partial charge in [-0.3, -0.25) is 4.90 Å². The Balaban J connectivity index is 2.15. The van der Waals surface area contributed by atoms with Gasteiger partial charge in [0.1, 0.15) is 0 Å². The van der Waals surface area contributed by atoms with E-state index < -0.39 is 0 Å². The molecule has 0 bridgehead atoms. The van der Waals surface area contributed by atoms with Gasteiger partial charge in [-0.2, -0.15) is 0 Å². The predicted octanol–water partition coefficient (Wildman–Crippen LogP) is 1.07. The Morgan fingerprint density at radius 2 is 2.00 bits per heavy atom. The molecule has 0 spiro atoms. The van der Waals surface area contributed by atoms with E-state index in [1.807, 2.05) is 0 Å². The summed E-state index contributed by atoms with van der Waals surface area (Å²) in [6.07, 6.45) is 1.14. The quantitative estimate of drug-likeness (QED) is 0.596. The van der Waals surface area contributed by atoms with Crippen molar-refractivity contribution in [3.05, 3.63) is 0 Å². The molecule has 0 amide bonds. The average molecular weight is 244 g/mol. The first-order valence-electron chi connectivity index (χ1n) is 6.81. The van der Waals surface area contributed by atoms with Crippen molar-refractivity contribution in [1.29, 1.82) is 0 Å². The molecule has 0 unspecified atom stereocenters. The molecule has 102 valence electrons. The summed E-state index contributed by atoms with van der Waals surface area (Å²) in [6.45, 7) is 12.7. The van der Waals surface area contributed by atoms with Gasteiger partial charge in [0, 0.05) is 59.1 Å². The topological polar surface area (TPSA) is 24.9 Å². The molecular formula is C13H28N2O2. The molecule has 4 heteroatoms. The van der Waals surface area contributed by atoms with Crippen LogP contribution >= 0.6 is 0 Å². The van der Waals surface area contributed by atoms with Crippen molar-refractivity contribution in [1.82, 2.24) is 9.80 Å². The van der Waals surface area contributed by atoms with Crippen molar-refractivity contribution in [3.63, 3.8) is 0 Å². The Labute approximate surface area is 106 Å². The maximum Gasteiger partial charge on any atom is 0.0593 e. The van der Waals surface area contributed by atoms with Gasteiger partial charge in [-0.05, 0) is 20.3 Å². The van der Waals surface area contributed by atoms with Gasteiger partial charge in [0.2, 0.25) is 0 Å². The second-order valence-corrected chi connectivity index (χ2v) is 4.73. The second-order valence-electron chi connectivity index (χ2n) is 4.73. The van der Waals surface area contributed by atoms with Crippen LogP contribution in [0.1, 0.15) is 20.3 Å². The number of methoxy groups -OCH3 is 1. The minimum absolute atomic E-state index is 0.645. The maximum atomic E-state index is 5.42. The Hall–Kier alpha value is -0.160. The van der Waals surface area contributed by atoms with Gasteiger partial charge in [-0.15, -0.1) is 0 Å². The molecule has 4 nitrogen and oxygen atoms in total. The first-order chi connectivity index (χ1) is 8.27. The lowest BCUT2D eigenvalue weighted by Crippen LogP contribution is -2.52. The summed E-state index contributed by atoms with van der Waals surface area (Å²) >= 11 is 0. The minimum atomic E-state index is 0.645. The van der Waals surface area contributed by atoms with Crippen LogP contribution in [0.5, 0.6) is 0 Å². The maximum absolute atomic E-state index is 5.42. The molecule has 0 aromatic heterocycles. The molecular weight excluding hydrogens is 216 g/mol. The van der Waals surface area contributed by atoms with E-state index in [-0.39, 0.29) is 0 Å². The van der Waals surface area contributed by atoms with Crippen molar-refractivity contribution in [3.8, 4) is 0 Å². The van der Waals surface area contributed by atoms with Crippen LogP contribution in [0.3, 0.4) is 0 Å². The standard InChI is InChI=1S/C13H28N2O2/c1-4-17-11-9-15-8-7-14(12-13(15)2)6-5-10-16-3/h13H,4-12H2,1-3H3/t13-/m0/s1. The molecule has 1 saturated heterocycles. The summed E-state index contributed by atoms with van der Waals surface area (Å²) in [7, 11) is 1.77. The summed E-state index contributed by atoms with van der Waals surface area (Å²) in [5, 5.41) is 0. The number of piperazine rings is 1. The highest BCUT2D eigenvalue weighted by Gasteiger charge is 2.22. The third-order valence-electron chi connectivity index (χ3n) is 3.40. The molecule has 1 heterocycles. The number of hydrogen-bond acceptors (Lipinski definition) is 4. The summed E-state index contributed by atoms with van der Waals surface area (Å²) in [5.41, 5.74) is 0. The lowest BCUT2D eigenvalue weighted by molar-refractivity contribution is 0.0461. The normalized spacial score (nSPS) is 23.1. The van der Waals surface area contributed by atoms with Crippen LogP contribution in [0.2, 0.25) is 0 Å². The molecule has 0 aromatic carbocycles. The van der Waals surface area contributed by atoms with E-state index in [4.69, 9.17) is 9.47 Å². The van der Waals surface area contributed by atoms with Gasteiger partial charge < -0.3 is 14.4 Å². The van der Waals surface area contributed by atoms with Gasteiger partial charge in [0.25, 0.3) is 0 Å². The molecule has 0 N–H and O–H groups in total. The fourth-order valence-corrected chi connectivity index (χ4v) is 2.36. The fraction of sp³-hybridized carbons (Fsp3) is 1.00. The molecule has 1 fully saturated rings. The lowest BCUT2D eigenvalue weighted by atomic mass is 10.2. The third-order valence-corrected chi connectivity index (χ3v) is 3.40. The third kappa shape index (κ3) is 5.82.